The number of carbonyl (C=O) groups excluding carboxylic acids is 1. The summed E-state index contributed by atoms with van der Waals surface area (Å²) in [5, 5.41) is 9.77. The van der Waals surface area contributed by atoms with Gasteiger partial charge in [-0.3, -0.25) is 15.4 Å². The summed E-state index contributed by atoms with van der Waals surface area (Å²) in [7, 11) is 1.33. The molecule has 6 heteroatoms. The fourth-order valence-electron chi connectivity index (χ4n) is 2.18. The smallest absolute Gasteiger partial charge is 0.411 e. The van der Waals surface area contributed by atoms with Crippen molar-refractivity contribution in [3.8, 4) is 22.4 Å². The molecule has 0 aliphatic carbocycles. The van der Waals surface area contributed by atoms with Gasteiger partial charge >= 0.3 is 6.09 Å². The number of carbonyl (C=O) groups is 1. The molecule has 2 N–H and O–H groups in total. The predicted octanol–water partition coefficient (Wildman–Crippen LogP) is 3.32. The van der Waals surface area contributed by atoms with Crippen LogP contribution in [0.2, 0.25) is 0 Å². The van der Waals surface area contributed by atoms with Crippen LogP contribution in [0.4, 0.5) is 10.5 Å². The lowest BCUT2D eigenvalue weighted by molar-refractivity contribution is 0.187. The number of rotatable bonds is 3. The first-order valence-corrected chi connectivity index (χ1v) is 6.67. The molecule has 0 bridgehead atoms. The second-order valence-electron chi connectivity index (χ2n) is 4.59. The first-order valence-electron chi connectivity index (χ1n) is 6.67. The molecule has 0 saturated heterocycles. The lowest BCUT2D eigenvalue weighted by Crippen LogP contribution is -2.10. The largest absolute Gasteiger partial charge is 0.453 e. The van der Waals surface area contributed by atoms with Crippen molar-refractivity contribution in [1.29, 1.82) is 0 Å². The van der Waals surface area contributed by atoms with Crippen molar-refractivity contribution in [2.75, 3.05) is 12.4 Å². The van der Waals surface area contributed by atoms with Crippen LogP contribution in [0.15, 0.2) is 55.0 Å². The van der Waals surface area contributed by atoms with Gasteiger partial charge in [0.25, 0.3) is 0 Å². The monoisotopic (exact) mass is 294 g/mol. The third kappa shape index (κ3) is 2.80. The average molecular weight is 294 g/mol. The van der Waals surface area contributed by atoms with Crippen LogP contribution in [-0.4, -0.2) is 28.4 Å². The summed E-state index contributed by atoms with van der Waals surface area (Å²) >= 11 is 0. The van der Waals surface area contributed by atoms with Gasteiger partial charge in [0.05, 0.1) is 19.0 Å². The summed E-state index contributed by atoms with van der Waals surface area (Å²) in [6.45, 7) is 0. The number of benzene rings is 1. The maximum absolute atomic E-state index is 11.3. The van der Waals surface area contributed by atoms with E-state index in [-0.39, 0.29) is 0 Å². The van der Waals surface area contributed by atoms with Gasteiger partial charge in [-0.1, -0.05) is 12.1 Å². The number of nitrogens with zero attached hydrogens (tertiary/aromatic N) is 2. The molecule has 0 spiro atoms. The minimum atomic E-state index is -0.504. The molecule has 110 valence electrons. The molecule has 2 aromatic heterocycles. The number of amides is 1. The number of hydrogen-bond acceptors (Lipinski definition) is 4. The maximum Gasteiger partial charge on any atom is 0.411 e. The van der Waals surface area contributed by atoms with E-state index in [0.717, 1.165) is 22.4 Å². The summed E-state index contributed by atoms with van der Waals surface area (Å²) in [5.41, 5.74) is 4.43. The Morgan fingerprint density at radius 1 is 1.18 bits per heavy atom. The van der Waals surface area contributed by atoms with E-state index in [0.29, 0.717) is 5.69 Å². The molecule has 3 aromatic rings. The van der Waals surface area contributed by atoms with Crippen LogP contribution >= 0.6 is 0 Å². The second kappa shape index (κ2) is 6.09. The van der Waals surface area contributed by atoms with Gasteiger partial charge in [0.2, 0.25) is 0 Å². The van der Waals surface area contributed by atoms with Gasteiger partial charge in [0.15, 0.2) is 0 Å². The van der Waals surface area contributed by atoms with Crippen LogP contribution in [0, 0.1) is 0 Å². The summed E-state index contributed by atoms with van der Waals surface area (Å²) in [6, 6.07) is 11.3. The molecule has 0 radical (unpaired) electrons. The number of aromatic nitrogens is 3. The zero-order chi connectivity index (χ0) is 15.4. The molecule has 1 amide bonds. The molecule has 3 rings (SSSR count). The highest BCUT2D eigenvalue weighted by molar-refractivity contribution is 5.87. The van der Waals surface area contributed by atoms with Crippen molar-refractivity contribution >= 4 is 11.8 Å². The van der Waals surface area contributed by atoms with Gasteiger partial charge in [-0.25, -0.2) is 4.79 Å². The number of hydrogen-bond donors (Lipinski definition) is 2. The van der Waals surface area contributed by atoms with E-state index in [1.165, 1.54) is 7.11 Å². The molecular weight excluding hydrogens is 280 g/mol. The third-order valence-electron chi connectivity index (χ3n) is 3.21. The molecule has 0 atom stereocenters. The van der Waals surface area contributed by atoms with Crippen molar-refractivity contribution < 1.29 is 9.53 Å². The third-order valence-corrected chi connectivity index (χ3v) is 3.21. The molecule has 0 unspecified atom stereocenters. The summed E-state index contributed by atoms with van der Waals surface area (Å²) in [6.07, 6.45) is 4.74. The maximum atomic E-state index is 11.3. The van der Waals surface area contributed by atoms with E-state index >= 15 is 0 Å². The number of H-pyrrole nitrogens is 1. The number of ether oxygens (including phenoxy) is 1. The predicted molar refractivity (Wildman–Crippen MR) is 83.3 cm³/mol. The van der Waals surface area contributed by atoms with E-state index in [9.17, 15) is 4.79 Å². The highest BCUT2D eigenvalue weighted by Crippen LogP contribution is 2.30. The number of anilines is 1. The number of pyridine rings is 1. The van der Waals surface area contributed by atoms with Crippen LogP contribution in [0.3, 0.4) is 0 Å². The summed E-state index contributed by atoms with van der Waals surface area (Å²) in [5.74, 6) is 0. The molecule has 0 fully saturated rings. The highest BCUT2D eigenvalue weighted by atomic mass is 16.5. The average Bonchev–Trinajstić information content (AvgIpc) is 3.05. The topological polar surface area (TPSA) is 79.9 Å². The Kier molecular flexibility index (Phi) is 3.82. The van der Waals surface area contributed by atoms with E-state index in [2.05, 4.69) is 25.2 Å². The first kappa shape index (κ1) is 13.8. The number of methoxy groups -OCH3 is 1. The van der Waals surface area contributed by atoms with Crippen molar-refractivity contribution in [3.63, 3.8) is 0 Å². The van der Waals surface area contributed by atoms with Crippen molar-refractivity contribution in [2.45, 2.75) is 0 Å². The zero-order valence-corrected chi connectivity index (χ0v) is 11.9. The van der Waals surface area contributed by atoms with Crippen molar-refractivity contribution in [3.05, 3.63) is 55.0 Å². The van der Waals surface area contributed by atoms with Crippen LogP contribution in [0.1, 0.15) is 0 Å². The van der Waals surface area contributed by atoms with Crippen LogP contribution in [-0.2, 0) is 4.74 Å². The zero-order valence-electron chi connectivity index (χ0n) is 11.9. The van der Waals surface area contributed by atoms with Gasteiger partial charge in [-0.2, -0.15) is 5.10 Å². The van der Waals surface area contributed by atoms with Gasteiger partial charge < -0.3 is 4.74 Å². The Hall–Kier alpha value is -3.15. The molecule has 0 aliphatic rings. The van der Waals surface area contributed by atoms with E-state index in [4.69, 9.17) is 0 Å². The molecule has 2 heterocycles. The molecule has 0 aliphatic heterocycles. The molecule has 0 saturated carbocycles. The molecule has 22 heavy (non-hydrogen) atoms. The fraction of sp³-hybridized carbons (Fsp3) is 0.0625. The van der Waals surface area contributed by atoms with Crippen molar-refractivity contribution in [2.24, 2.45) is 0 Å². The highest BCUT2D eigenvalue weighted by Gasteiger charge is 2.10. The van der Waals surface area contributed by atoms with Gasteiger partial charge in [-0.05, 0) is 29.8 Å². The van der Waals surface area contributed by atoms with Crippen LogP contribution in [0.5, 0.6) is 0 Å². The van der Waals surface area contributed by atoms with Crippen LogP contribution in [0.25, 0.3) is 22.4 Å². The minimum absolute atomic E-state index is 0.504. The lowest BCUT2D eigenvalue weighted by atomic mass is 10.0. The van der Waals surface area contributed by atoms with Crippen LogP contribution < -0.4 is 5.32 Å². The van der Waals surface area contributed by atoms with Gasteiger partial charge in [0.1, 0.15) is 0 Å². The Morgan fingerprint density at radius 2 is 2.00 bits per heavy atom. The van der Waals surface area contributed by atoms with Gasteiger partial charge in [0, 0.05) is 29.2 Å². The fourth-order valence-corrected chi connectivity index (χ4v) is 2.18. The first-order chi connectivity index (χ1) is 10.8. The number of nitrogens with one attached hydrogen (secondary N) is 2. The SMILES string of the molecule is COC(=O)Nc1cccc(-c2[nH]ncc2-c2ccncc2)c1. The minimum Gasteiger partial charge on any atom is -0.453 e. The van der Waals surface area contributed by atoms with Crippen molar-refractivity contribution in [1.82, 2.24) is 15.2 Å². The number of aromatic amines is 1. The van der Waals surface area contributed by atoms with E-state index in [1.54, 1.807) is 24.7 Å². The molecule has 6 nitrogen and oxygen atoms in total. The second-order valence-corrected chi connectivity index (χ2v) is 4.59. The Bertz CT molecular complexity index is 784. The normalized spacial score (nSPS) is 10.2. The molecule has 1 aromatic carbocycles. The lowest BCUT2D eigenvalue weighted by Gasteiger charge is -2.07. The molecular formula is C16H14N4O2. The quantitative estimate of drug-likeness (QED) is 0.776. The summed E-state index contributed by atoms with van der Waals surface area (Å²) in [4.78, 5) is 15.3. The Balaban J connectivity index is 1.97. The van der Waals surface area contributed by atoms with E-state index < -0.39 is 6.09 Å². The summed E-state index contributed by atoms with van der Waals surface area (Å²) < 4.78 is 4.60. The Labute approximate surface area is 127 Å². The van der Waals surface area contributed by atoms with E-state index in [1.807, 2.05) is 30.3 Å². The standard InChI is InChI=1S/C16H14N4O2/c1-22-16(21)19-13-4-2-3-12(9-13)15-14(10-18-20-15)11-5-7-17-8-6-11/h2-10H,1H3,(H,18,20)(H,19,21). The Morgan fingerprint density at radius 3 is 2.77 bits per heavy atom. The van der Waals surface area contributed by atoms with Gasteiger partial charge in [-0.15, -0.1) is 0 Å².